The molecule has 2 aliphatic rings. The molecule has 1 N–H and O–H groups in total. The minimum Gasteiger partial charge on any atom is -0.335 e. The molecule has 3 rings (SSSR count). The summed E-state index contributed by atoms with van der Waals surface area (Å²) >= 11 is 0. The molecule has 2 bridgehead atoms. The third kappa shape index (κ3) is 3.04. The second-order valence-electron chi connectivity index (χ2n) is 7.29. The minimum absolute atomic E-state index is 0.0713. The van der Waals surface area contributed by atoms with Crippen LogP contribution in [-0.2, 0) is 16.4 Å². The first kappa shape index (κ1) is 17.3. The Bertz CT molecular complexity index is 613. The van der Waals surface area contributed by atoms with Crippen molar-refractivity contribution in [3.63, 3.8) is 0 Å². The number of carbonyl (C=O) groups is 1. The Labute approximate surface area is 140 Å². The Balaban J connectivity index is 1.91. The smallest absolute Gasteiger partial charge is 0.335 e. The maximum atomic E-state index is 13.2. The van der Waals surface area contributed by atoms with Crippen LogP contribution in [0, 0.1) is 0 Å². The lowest BCUT2D eigenvalue weighted by Gasteiger charge is -2.36. The lowest BCUT2D eigenvalue weighted by Crippen LogP contribution is -2.50. The number of nitrogens with one attached hydrogen (secondary N) is 1. The maximum absolute atomic E-state index is 13.2. The van der Waals surface area contributed by atoms with Crippen LogP contribution in [0.3, 0.4) is 0 Å². The first-order valence-electron chi connectivity index (χ1n) is 8.42. The van der Waals surface area contributed by atoms with Crippen LogP contribution < -0.4 is 5.32 Å². The van der Waals surface area contributed by atoms with Gasteiger partial charge in [-0.1, -0.05) is 18.2 Å². The van der Waals surface area contributed by atoms with Crippen molar-refractivity contribution in [1.82, 2.24) is 10.2 Å². The highest BCUT2D eigenvalue weighted by Gasteiger charge is 2.44. The van der Waals surface area contributed by atoms with E-state index in [9.17, 15) is 18.0 Å². The zero-order valence-electron chi connectivity index (χ0n) is 14.0. The second-order valence-corrected chi connectivity index (χ2v) is 7.29. The molecule has 0 saturated carbocycles. The molecule has 1 amide bonds. The highest BCUT2D eigenvalue weighted by Crippen LogP contribution is 2.37. The van der Waals surface area contributed by atoms with Crippen molar-refractivity contribution in [3.8, 4) is 0 Å². The van der Waals surface area contributed by atoms with Crippen molar-refractivity contribution in [3.05, 3.63) is 35.4 Å². The van der Waals surface area contributed by atoms with E-state index in [-0.39, 0.29) is 18.0 Å². The summed E-state index contributed by atoms with van der Waals surface area (Å²) < 4.78 is 39.0. The van der Waals surface area contributed by atoms with Crippen LogP contribution in [0.4, 0.5) is 13.2 Å². The molecule has 6 heteroatoms. The zero-order valence-corrected chi connectivity index (χ0v) is 14.0. The van der Waals surface area contributed by atoms with E-state index in [0.29, 0.717) is 5.56 Å². The van der Waals surface area contributed by atoms with E-state index in [4.69, 9.17) is 0 Å². The molecule has 24 heavy (non-hydrogen) atoms. The first-order chi connectivity index (χ1) is 11.2. The van der Waals surface area contributed by atoms with Crippen molar-refractivity contribution < 1.29 is 18.0 Å². The molecule has 0 aromatic heterocycles. The van der Waals surface area contributed by atoms with Gasteiger partial charge in [-0.3, -0.25) is 4.79 Å². The van der Waals surface area contributed by atoms with E-state index in [0.717, 1.165) is 44.5 Å². The minimum atomic E-state index is -4.40. The summed E-state index contributed by atoms with van der Waals surface area (Å²) in [5.41, 5.74) is -1.27. The van der Waals surface area contributed by atoms with Gasteiger partial charge >= 0.3 is 6.18 Å². The van der Waals surface area contributed by atoms with Crippen molar-refractivity contribution >= 4 is 5.91 Å². The largest absolute Gasteiger partial charge is 0.416 e. The third-order valence-corrected chi connectivity index (χ3v) is 5.33. The van der Waals surface area contributed by atoms with Crippen molar-refractivity contribution in [2.75, 3.05) is 13.1 Å². The molecule has 3 nitrogen and oxygen atoms in total. The molecule has 0 aliphatic carbocycles. The molecule has 132 valence electrons. The number of hydrogen-bond acceptors (Lipinski definition) is 2. The molecular formula is C18H23F3N2O. The van der Waals surface area contributed by atoms with Gasteiger partial charge in [0.1, 0.15) is 0 Å². The van der Waals surface area contributed by atoms with Gasteiger partial charge in [0.2, 0.25) is 5.91 Å². The fourth-order valence-corrected chi connectivity index (χ4v) is 3.84. The van der Waals surface area contributed by atoms with E-state index in [2.05, 4.69) is 5.32 Å². The molecule has 2 saturated heterocycles. The van der Waals surface area contributed by atoms with Gasteiger partial charge in [-0.25, -0.2) is 0 Å². The Hall–Kier alpha value is -1.56. The lowest BCUT2D eigenvalue weighted by molar-refractivity contribution is -0.140. The van der Waals surface area contributed by atoms with Crippen LogP contribution in [0.2, 0.25) is 0 Å². The van der Waals surface area contributed by atoms with Gasteiger partial charge < -0.3 is 10.2 Å². The van der Waals surface area contributed by atoms with Gasteiger partial charge in [-0.05, 0) is 51.3 Å². The van der Waals surface area contributed by atoms with Gasteiger partial charge in [-0.15, -0.1) is 0 Å². The Morgan fingerprint density at radius 2 is 1.79 bits per heavy atom. The van der Waals surface area contributed by atoms with Crippen molar-refractivity contribution in [2.24, 2.45) is 0 Å². The van der Waals surface area contributed by atoms with Gasteiger partial charge in [-0.2, -0.15) is 13.2 Å². The van der Waals surface area contributed by atoms with Crippen LogP contribution in [0.25, 0.3) is 0 Å². The molecule has 2 atom stereocenters. The van der Waals surface area contributed by atoms with E-state index >= 15 is 0 Å². The molecule has 2 heterocycles. The molecule has 2 unspecified atom stereocenters. The van der Waals surface area contributed by atoms with Crippen LogP contribution in [0.15, 0.2) is 24.3 Å². The second kappa shape index (κ2) is 6.06. The standard InChI is InChI=1S/C18H23F3N2O/c1-17(2,12-4-3-5-13(10-12)18(19,20)21)16(24)23-14-6-7-15(23)11-22-9-8-14/h3-5,10,14-15,22H,6-9,11H2,1-2H3. The summed E-state index contributed by atoms with van der Waals surface area (Å²) in [4.78, 5) is 15.1. The summed E-state index contributed by atoms with van der Waals surface area (Å²) in [5, 5.41) is 3.34. The molecule has 1 aromatic rings. The average Bonchev–Trinajstić information content (AvgIpc) is 2.78. The SMILES string of the molecule is CC(C)(C(=O)N1C2CCNCC1CC2)c1cccc(C(F)(F)F)c1. The number of fused-ring (bicyclic) bond motifs is 2. The number of rotatable bonds is 2. The first-order valence-corrected chi connectivity index (χ1v) is 8.42. The Morgan fingerprint density at radius 3 is 2.50 bits per heavy atom. The molecule has 0 radical (unpaired) electrons. The Kier molecular flexibility index (Phi) is 4.36. The number of halogens is 3. The quantitative estimate of drug-likeness (QED) is 0.896. The summed E-state index contributed by atoms with van der Waals surface area (Å²) in [6, 6.07) is 5.49. The van der Waals surface area contributed by atoms with Gasteiger partial charge in [0, 0.05) is 18.6 Å². The third-order valence-electron chi connectivity index (χ3n) is 5.33. The normalized spacial score (nSPS) is 24.8. The number of nitrogens with zero attached hydrogens (tertiary/aromatic N) is 1. The topological polar surface area (TPSA) is 32.3 Å². The summed E-state index contributed by atoms with van der Waals surface area (Å²) in [5.74, 6) is -0.0713. The number of amides is 1. The number of carbonyl (C=O) groups excluding carboxylic acids is 1. The van der Waals surface area contributed by atoms with E-state index in [1.54, 1.807) is 19.9 Å². The van der Waals surface area contributed by atoms with Gasteiger partial charge in [0.05, 0.1) is 11.0 Å². The summed E-state index contributed by atoms with van der Waals surface area (Å²) in [7, 11) is 0. The van der Waals surface area contributed by atoms with Gasteiger partial charge in [0.15, 0.2) is 0 Å². The van der Waals surface area contributed by atoms with Crippen LogP contribution in [0.1, 0.15) is 44.2 Å². The molecule has 2 fully saturated rings. The fraction of sp³-hybridized carbons (Fsp3) is 0.611. The van der Waals surface area contributed by atoms with Crippen molar-refractivity contribution in [1.29, 1.82) is 0 Å². The number of alkyl halides is 3. The molecular weight excluding hydrogens is 317 g/mol. The maximum Gasteiger partial charge on any atom is 0.416 e. The predicted molar refractivity (Wildman–Crippen MR) is 85.6 cm³/mol. The summed E-state index contributed by atoms with van der Waals surface area (Å²) in [6.07, 6.45) is -1.56. The predicted octanol–water partition coefficient (Wildman–Crippen LogP) is 3.34. The highest BCUT2D eigenvalue weighted by atomic mass is 19.4. The zero-order chi connectivity index (χ0) is 17.5. The Morgan fingerprint density at radius 1 is 1.12 bits per heavy atom. The number of benzene rings is 1. The van der Waals surface area contributed by atoms with E-state index in [1.165, 1.54) is 6.07 Å². The van der Waals surface area contributed by atoms with Crippen LogP contribution in [-0.4, -0.2) is 36.0 Å². The van der Waals surface area contributed by atoms with Gasteiger partial charge in [0.25, 0.3) is 0 Å². The molecule has 0 spiro atoms. The monoisotopic (exact) mass is 340 g/mol. The lowest BCUT2D eigenvalue weighted by atomic mass is 9.82. The summed E-state index contributed by atoms with van der Waals surface area (Å²) in [6.45, 7) is 5.10. The number of hydrogen-bond donors (Lipinski definition) is 1. The van der Waals surface area contributed by atoms with Crippen LogP contribution >= 0.6 is 0 Å². The fourth-order valence-electron chi connectivity index (χ4n) is 3.84. The molecule has 2 aliphatic heterocycles. The van der Waals surface area contributed by atoms with E-state index in [1.807, 2.05) is 4.90 Å². The van der Waals surface area contributed by atoms with Crippen molar-refractivity contribution in [2.45, 2.75) is 56.8 Å². The highest BCUT2D eigenvalue weighted by molar-refractivity contribution is 5.88. The molecule has 1 aromatic carbocycles. The average molecular weight is 340 g/mol. The van der Waals surface area contributed by atoms with Crippen LogP contribution in [0.5, 0.6) is 0 Å². The van der Waals surface area contributed by atoms with E-state index < -0.39 is 17.2 Å².